The van der Waals surface area contributed by atoms with Gasteiger partial charge in [-0.2, -0.15) is 5.10 Å². The lowest BCUT2D eigenvalue weighted by atomic mass is 10.1. The maximum Gasteiger partial charge on any atom is 0.337 e. The van der Waals surface area contributed by atoms with Gasteiger partial charge in [-0.3, -0.25) is 9.48 Å². The first-order valence-corrected chi connectivity index (χ1v) is 6.29. The summed E-state index contributed by atoms with van der Waals surface area (Å²) in [5.74, 6) is -0.423. The summed E-state index contributed by atoms with van der Waals surface area (Å²) in [6.07, 6.45) is 2.40. The van der Waals surface area contributed by atoms with Gasteiger partial charge in [-0.25, -0.2) is 4.79 Å². The third-order valence-corrected chi connectivity index (χ3v) is 3.28. The Morgan fingerprint density at radius 2 is 2.25 bits per heavy atom. The quantitative estimate of drug-likeness (QED) is 0.641. The lowest BCUT2D eigenvalue weighted by molar-refractivity contribution is 0.0600. The molecule has 1 aromatic carbocycles. The standard InChI is InChI=1S/C14H13ClN2O3/c1-9-12(8-18)7-17(16-9)6-11-5-10(14(19)20-2)3-4-13(11)15/h3-5,7-8H,6H2,1-2H3. The van der Waals surface area contributed by atoms with Crippen LogP contribution in [0.4, 0.5) is 0 Å². The number of rotatable bonds is 4. The van der Waals surface area contributed by atoms with Gasteiger partial charge in [0.2, 0.25) is 0 Å². The fourth-order valence-corrected chi connectivity index (χ4v) is 2.02. The molecule has 2 rings (SSSR count). The van der Waals surface area contributed by atoms with E-state index in [2.05, 4.69) is 9.84 Å². The van der Waals surface area contributed by atoms with Crippen molar-refractivity contribution < 1.29 is 14.3 Å². The van der Waals surface area contributed by atoms with E-state index in [1.165, 1.54) is 7.11 Å². The largest absolute Gasteiger partial charge is 0.465 e. The Morgan fingerprint density at radius 1 is 1.50 bits per heavy atom. The van der Waals surface area contributed by atoms with Crippen LogP contribution in [0.15, 0.2) is 24.4 Å². The highest BCUT2D eigenvalue weighted by molar-refractivity contribution is 6.31. The van der Waals surface area contributed by atoms with Crippen LogP contribution < -0.4 is 0 Å². The van der Waals surface area contributed by atoms with Crippen LogP contribution in [0, 0.1) is 6.92 Å². The molecule has 0 amide bonds. The van der Waals surface area contributed by atoms with Crippen LogP contribution in [0.2, 0.25) is 5.02 Å². The predicted molar refractivity (Wildman–Crippen MR) is 74.2 cm³/mol. The van der Waals surface area contributed by atoms with Crippen molar-refractivity contribution in [2.45, 2.75) is 13.5 Å². The minimum Gasteiger partial charge on any atom is -0.465 e. The fraction of sp³-hybridized carbons (Fsp3) is 0.214. The Hall–Kier alpha value is -2.14. The summed E-state index contributed by atoms with van der Waals surface area (Å²) in [5, 5.41) is 4.75. The van der Waals surface area contributed by atoms with Crippen molar-refractivity contribution in [2.24, 2.45) is 0 Å². The zero-order valence-electron chi connectivity index (χ0n) is 11.1. The highest BCUT2D eigenvalue weighted by Crippen LogP contribution is 2.19. The first-order chi connectivity index (χ1) is 9.55. The average Bonchev–Trinajstić information content (AvgIpc) is 2.80. The number of esters is 1. The summed E-state index contributed by atoms with van der Waals surface area (Å²) in [4.78, 5) is 22.3. The van der Waals surface area contributed by atoms with Crippen LogP contribution in [-0.2, 0) is 11.3 Å². The maximum atomic E-state index is 11.5. The van der Waals surface area contributed by atoms with E-state index >= 15 is 0 Å². The molecule has 104 valence electrons. The number of hydrogen-bond acceptors (Lipinski definition) is 4. The summed E-state index contributed by atoms with van der Waals surface area (Å²) >= 11 is 6.11. The molecular weight excluding hydrogens is 280 g/mol. The van der Waals surface area contributed by atoms with E-state index in [4.69, 9.17) is 11.6 Å². The molecule has 0 radical (unpaired) electrons. The van der Waals surface area contributed by atoms with E-state index in [9.17, 15) is 9.59 Å². The third kappa shape index (κ3) is 2.88. The van der Waals surface area contributed by atoms with E-state index in [1.807, 2.05) is 0 Å². The van der Waals surface area contributed by atoms with Gasteiger partial charge in [0, 0.05) is 11.2 Å². The number of nitrogens with zero attached hydrogens (tertiary/aromatic N) is 2. The van der Waals surface area contributed by atoms with Gasteiger partial charge in [-0.15, -0.1) is 0 Å². The van der Waals surface area contributed by atoms with Gasteiger partial charge >= 0.3 is 5.97 Å². The zero-order chi connectivity index (χ0) is 14.7. The zero-order valence-corrected chi connectivity index (χ0v) is 11.8. The Balaban J connectivity index is 2.32. The molecule has 0 unspecified atom stereocenters. The highest BCUT2D eigenvalue weighted by atomic mass is 35.5. The lowest BCUT2D eigenvalue weighted by Crippen LogP contribution is -2.05. The molecule has 0 fully saturated rings. The minimum absolute atomic E-state index is 0.373. The summed E-state index contributed by atoms with van der Waals surface area (Å²) in [6.45, 7) is 2.13. The number of aldehydes is 1. The van der Waals surface area contributed by atoms with E-state index in [-0.39, 0.29) is 0 Å². The maximum absolute atomic E-state index is 11.5. The number of ether oxygens (including phenoxy) is 1. The summed E-state index contributed by atoms with van der Waals surface area (Å²) in [6, 6.07) is 4.90. The Morgan fingerprint density at radius 3 is 2.85 bits per heavy atom. The van der Waals surface area contributed by atoms with Crippen molar-refractivity contribution in [3.8, 4) is 0 Å². The van der Waals surface area contributed by atoms with Gasteiger partial charge in [0.15, 0.2) is 6.29 Å². The number of aryl methyl sites for hydroxylation is 1. The molecule has 0 N–H and O–H groups in total. The van der Waals surface area contributed by atoms with Crippen molar-refractivity contribution in [2.75, 3.05) is 7.11 Å². The topological polar surface area (TPSA) is 61.2 Å². The third-order valence-electron chi connectivity index (χ3n) is 2.91. The van der Waals surface area contributed by atoms with Crippen LogP contribution in [0.5, 0.6) is 0 Å². The monoisotopic (exact) mass is 292 g/mol. The van der Waals surface area contributed by atoms with Crippen LogP contribution >= 0.6 is 11.6 Å². The SMILES string of the molecule is COC(=O)c1ccc(Cl)c(Cn2cc(C=O)c(C)n2)c1. The average molecular weight is 293 g/mol. The molecule has 0 aliphatic rings. The molecule has 0 saturated heterocycles. The first-order valence-electron chi connectivity index (χ1n) is 5.91. The molecule has 2 aromatic rings. The van der Waals surface area contributed by atoms with E-state index in [0.717, 1.165) is 11.8 Å². The Labute approximate surface area is 121 Å². The number of carbonyl (C=O) groups is 2. The number of halogens is 1. The van der Waals surface area contributed by atoms with Gasteiger partial charge in [0.25, 0.3) is 0 Å². The number of aromatic nitrogens is 2. The molecule has 20 heavy (non-hydrogen) atoms. The van der Waals surface area contributed by atoms with Crippen molar-refractivity contribution >= 4 is 23.9 Å². The molecule has 0 aliphatic heterocycles. The van der Waals surface area contributed by atoms with Gasteiger partial charge in [-0.1, -0.05) is 11.6 Å². The van der Waals surface area contributed by atoms with E-state index < -0.39 is 5.97 Å². The second-order valence-electron chi connectivity index (χ2n) is 4.28. The molecule has 0 saturated carbocycles. The number of hydrogen-bond donors (Lipinski definition) is 0. The first kappa shape index (κ1) is 14.3. The van der Waals surface area contributed by atoms with Gasteiger partial charge in [-0.05, 0) is 30.7 Å². The molecule has 1 aromatic heterocycles. The smallest absolute Gasteiger partial charge is 0.337 e. The Bertz CT molecular complexity index is 664. The Kier molecular flexibility index (Phi) is 4.20. The molecular formula is C14H13ClN2O3. The lowest BCUT2D eigenvalue weighted by Gasteiger charge is -2.07. The summed E-state index contributed by atoms with van der Waals surface area (Å²) in [5.41, 5.74) is 2.34. The highest BCUT2D eigenvalue weighted by Gasteiger charge is 2.11. The normalized spacial score (nSPS) is 10.3. The number of methoxy groups -OCH3 is 1. The van der Waals surface area contributed by atoms with Crippen molar-refractivity contribution in [1.29, 1.82) is 0 Å². The van der Waals surface area contributed by atoms with Crippen molar-refractivity contribution in [3.63, 3.8) is 0 Å². The van der Waals surface area contributed by atoms with E-state index in [1.54, 1.807) is 36.0 Å². The van der Waals surface area contributed by atoms with Crippen molar-refractivity contribution in [3.05, 3.63) is 51.8 Å². The van der Waals surface area contributed by atoms with Crippen LogP contribution in [0.1, 0.15) is 32.0 Å². The second-order valence-corrected chi connectivity index (χ2v) is 4.69. The molecule has 0 aliphatic carbocycles. The van der Waals surface area contributed by atoms with Gasteiger partial charge < -0.3 is 4.74 Å². The molecule has 5 nitrogen and oxygen atoms in total. The molecule has 6 heteroatoms. The number of benzene rings is 1. The van der Waals surface area contributed by atoms with Crippen LogP contribution in [-0.4, -0.2) is 29.1 Å². The van der Waals surface area contributed by atoms with Crippen LogP contribution in [0.25, 0.3) is 0 Å². The number of carbonyl (C=O) groups excluding carboxylic acids is 2. The molecule has 0 spiro atoms. The van der Waals surface area contributed by atoms with Crippen molar-refractivity contribution in [1.82, 2.24) is 9.78 Å². The molecule has 0 atom stereocenters. The predicted octanol–water partition coefficient (Wildman–Crippen LogP) is 2.49. The summed E-state index contributed by atoms with van der Waals surface area (Å²) < 4.78 is 6.28. The minimum atomic E-state index is -0.423. The summed E-state index contributed by atoms with van der Waals surface area (Å²) in [7, 11) is 1.32. The van der Waals surface area contributed by atoms with Crippen LogP contribution in [0.3, 0.4) is 0 Å². The van der Waals surface area contributed by atoms with Gasteiger partial charge in [0.05, 0.1) is 30.5 Å². The second kappa shape index (κ2) is 5.88. The van der Waals surface area contributed by atoms with E-state index in [0.29, 0.717) is 28.4 Å². The van der Waals surface area contributed by atoms with Gasteiger partial charge in [0.1, 0.15) is 0 Å². The molecule has 0 bridgehead atoms. The fourth-order valence-electron chi connectivity index (χ4n) is 1.85. The molecule has 1 heterocycles.